The molecule has 5 nitrogen and oxygen atoms in total. The van der Waals surface area contributed by atoms with E-state index in [2.05, 4.69) is 5.10 Å². The summed E-state index contributed by atoms with van der Waals surface area (Å²) >= 11 is 0. The van der Waals surface area contributed by atoms with Crippen molar-refractivity contribution in [2.75, 3.05) is 6.61 Å². The highest BCUT2D eigenvalue weighted by molar-refractivity contribution is 5.90. The van der Waals surface area contributed by atoms with E-state index in [1.807, 2.05) is 30.5 Å². The number of nitrogens with zero attached hydrogens (tertiary/aromatic N) is 3. The van der Waals surface area contributed by atoms with Gasteiger partial charge in [0.1, 0.15) is 17.3 Å². The number of carbonyl (C=O) groups excluding carboxylic acids is 1. The van der Waals surface area contributed by atoms with Crippen molar-refractivity contribution >= 4 is 5.97 Å². The lowest BCUT2D eigenvalue weighted by molar-refractivity contribution is 0.0518. The second-order valence-corrected chi connectivity index (χ2v) is 5.98. The fourth-order valence-corrected chi connectivity index (χ4v) is 2.97. The molecule has 0 spiro atoms. The number of rotatable bonds is 4. The molecule has 7 heteroatoms. The molecule has 3 aromatic rings. The summed E-state index contributed by atoms with van der Waals surface area (Å²) in [5.74, 6) is -1.53. The quantitative estimate of drug-likeness (QED) is 0.661. The van der Waals surface area contributed by atoms with Crippen LogP contribution in [-0.4, -0.2) is 26.9 Å². The molecule has 136 valence electrons. The third kappa shape index (κ3) is 2.89. The molecule has 2 aromatic heterocycles. The van der Waals surface area contributed by atoms with Crippen LogP contribution in [0.15, 0.2) is 30.3 Å². The van der Waals surface area contributed by atoms with Crippen LogP contribution in [0.4, 0.5) is 8.78 Å². The van der Waals surface area contributed by atoms with Crippen LogP contribution in [0.25, 0.3) is 11.5 Å². The molecule has 0 fully saturated rings. The molecule has 3 rings (SSSR count). The summed E-state index contributed by atoms with van der Waals surface area (Å²) in [7, 11) is 0. The SMILES string of the molecule is CCOC(=O)c1nn(-c2ccc(F)cc2F)c(-n2c(C)ccc2C)c1C. The van der Waals surface area contributed by atoms with Crippen LogP contribution in [0.1, 0.15) is 34.4 Å². The summed E-state index contributed by atoms with van der Waals surface area (Å²) < 4.78 is 36.0. The van der Waals surface area contributed by atoms with E-state index in [1.165, 1.54) is 10.7 Å². The molecule has 0 N–H and O–H groups in total. The first kappa shape index (κ1) is 17.8. The number of benzene rings is 1. The number of hydrogen-bond acceptors (Lipinski definition) is 3. The molecule has 0 unspecified atom stereocenters. The van der Waals surface area contributed by atoms with Gasteiger partial charge < -0.3 is 9.30 Å². The first-order chi connectivity index (χ1) is 12.3. The van der Waals surface area contributed by atoms with E-state index in [4.69, 9.17) is 4.74 Å². The highest BCUT2D eigenvalue weighted by Crippen LogP contribution is 2.27. The molecule has 0 aliphatic rings. The molecule has 0 saturated carbocycles. The van der Waals surface area contributed by atoms with Gasteiger partial charge in [0.2, 0.25) is 0 Å². The van der Waals surface area contributed by atoms with Gasteiger partial charge in [-0.3, -0.25) is 0 Å². The normalized spacial score (nSPS) is 11.0. The van der Waals surface area contributed by atoms with Crippen molar-refractivity contribution in [1.29, 1.82) is 0 Å². The highest BCUT2D eigenvalue weighted by atomic mass is 19.1. The Hall–Kier alpha value is -2.96. The zero-order valence-corrected chi connectivity index (χ0v) is 15.0. The lowest BCUT2D eigenvalue weighted by atomic mass is 10.2. The van der Waals surface area contributed by atoms with Crippen LogP contribution in [0.5, 0.6) is 0 Å². The van der Waals surface area contributed by atoms with Crippen molar-refractivity contribution in [3.05, 3.63) is 64.6 Å². The maximum Gasteiger partial charge on any atom is 0.359 e. The Balaban J connectivity index is 2.32. The van der Waals surface area contributed by atoms with E-state index in [0.29, 0.717) is 11.4 Å². The Morgan fingerprint density at radius 2 is 1.77 bits per heavy atom. The fraction of sp³-hybridized carbons (Fsp3) is 0.263. The first-order valence-corrected chi connectivity index (χ1v) is 8.22. The van der Waals surface area contributed by atoms with Crippen LogP contribution in [-0.2, 0) is 4.74 Å². The number of hydrogen-bond donors (Lipinski definition) is 0. The summed E-state index contributed by atoms with van der Waals surface area (Å²) in [5, 5.41) is 4.29. The van der Waals surface area contributed by atoms with E-state index in [1.54, 1.807) is 13.8 Å². The van der Waals surface area contributed by atoms with Crippen molar-refractivity contribution in [3.63, 3.8) is 0 Å². The zero-order valence-electron chi connectivity index (χ0n) is 15.0. The van der Waals surface area contributed by atoms with Gasteiger partial charge in [-0.2, -0.15) is 5.10 Å². The number of halogens is 2. The molecule has 0 radical (unpaired) electrons. The van der Waals surface area contributed by atoms with Gasteiger partial charge in [0.05, 0.1) is 6.61 Å². The van der Waals surface area contributed by atoms with E-state index in [-0.39, 0.29) is 18.0 Å². The molecule has 26 heavy (non-hydrogen) atoms. The monoisotopic (exact) mass is 359 g/mol. The molecule has 0 saturated heterocycles. The first-order valence-electron chi connectivity index (χ1n) is 8.22. The van der Waals surface area contributed by atoms with Gasteiger partial charge in [-0.25, -0.2) is 18.3 Å². The van der Waals surface area contributed by atoms with Gasteiger partial charge in [0.25, 0.3) is 0 Å². The summed E-state index contributed by atoms with van der Waals surface area (Å²) in [6, 6.07) is 7.06. The molecule has 0 atom stereocenters. The topological polar surface area (TPSA) is 49.0 Å². The van der Waals surface area contributed by atoms with Gasteiger partial charge in [-0.15, -0.1) is 0 Å². The van der Waals surface area contributed by atoms with Gasteiger partial charge >= 0.3 is 5.97 Å². The minimum absolute atomic E-state index is 0.0487. The Kier molecular flexibility index (Phi) is 4.63. The third-order valence-corrected chi connectivity index (χ3v) is 4.18. The van der Waals surface area contributed by atoms with E-state index < -0.39 is 17.6 Å². The average molecular weight is 359 g/mol. The fourth-order valence-electron chi connectivity index (χ4n) is 2.97. The highest BCUT2D eigenvalue weighted by Gasteiger charge is 2.25. The lowest BCUT2D eigenvalue weighted by Gasteiger charge is -2.14. The molecular formula is C19H19F2N3O2. The van der Waals surface area contributed by atoms with Crippen molar-refractivity contribution in [3.8, 4) is 11.5 Å². The van der Waals surface area contributed by atoms with Crippen LogP contribution < -0.4 is 0 Å². The van der Waals surface area contributed by atoms with Crippen molar-refractivity contribution in [2.24, 2.45) is 0 Å². The van der Waals surface area contributed by atoms with Gasteiger partial charge in [-0.1, -0.05) is 0 Å². The molecule has 0 aliphatic heterocycles. The van der Waals surface area contributed by atoms with Crippen molar-refractivity contribution in [1.82, 2.24) is 14.3 Å². The van der Waals surface area contributed by atoms with E-state index in [9.17, 15) is 13.6 Å². The molecular weight excluding hydrogens is 340 g/mol. The molecule has 1 aromatic carbocycles. The number of carbonyl (C=O) groups is 1. The Morgan fingerprint density at radius 1 is 1.12 bits per heavy atom. The van der Waals surface area contributed by atoms with E-state index in [0.717, 1.165) is 23.5 Å². The standard InChI is InChI=1S/C19H19F2N3O2/c1-5-26-19(25)17-13(4)18(23-11(2)6-7-12(23)3)24(22-17)16-9-8-14(20)10-15(16)21/h6-10H,5H2,1-4H3. The number of aromatic nitrogens is 3. The Morgan fingerprint density at radius 3 is 2.35 bits per heavy atom. The Labute approximate surface area is 149 Å². The van der Waals surface area contributed by atoms with Crippen LogP contribution >= 0.6 is 0 Å². The van der Waals surface area contributed by atoms with Crippen molar-refractivity contribution < 1.29 is 18.3 Å². The van der Waals surface area contributed by atoms with E-state index >= 15 is 0 Å². The van der Waals surface area contributed by atoms with Crippen LogP contribution in [0, 0.1) is 32.4 Å². The minimum atomic E-state index is -0.772. The lowest BCUT2D eigenvalue weighted by Crippen LogP contribution is -2.10. The smallest absolute Gasteiger partial charge is 0.359 e. The molecule has 2 heterocycles. The van der Waals surface area contributed by atoms with Crippen LogP contribution in [0.2, 0.25) is 0 Å². The molecule has 0 aliphatic carbocycles. The third-order valence-electron chi connectivity index (χ3n) is 4.18. The maximum atomic E-state index is 14.4. The summed E-state index contributed by atoms with van der Waals surface area (Å²) in [6.07, 6.45) is 0. The molecule has 0 amide bonds. The maximum absolute atomic E-state index is 14.4. The predicted molar refractivity (Wildman–Crippen MR) is 93.0 cm³/mol. The zero-order chi connectivity index (χ0) is 19.0. The van der Waals surface area contributed by atoms with Crippen LogP contribution in [0.3, 0.4) is 0 Å². The number of aryl methyl sites for hydroxylation is 2. The Bertz CT molecular complexity index is 970. The summed E-state index contributed by atoms with van der Waals surface area (Å²) in [4.78, 5) is 12.3. The van der Waals surface area contributed by atoms with Gasteiger partial charge in [0.15, 0.2) is 11.5 Å². The predicted octanol–water partition coefficient (Wildman–Crippen LogP) is 4.04. The van der Waals surface area contributed by atoms with Gasteiger partial charge in [-0.05, 0) is 52.0 Å². The van der Waals surface area contributed by atoms with Gasteiger partial charge in [0, 0.05) is 23.0 Å². The van der Waals surface area contributed by atoms with Crippen molar-refractivity contribution in [2.45, 2.75) is 27.7 Å². The molecule has 0 bridgehead atoms. The number of esters is 1. The average Bonchev–Trinajstić information content (AvgIpc) is 3.07. The second kappa shape index (κ2) is 6.74. The largest absolute Gasteiger partial charge is 0.461 e. The summed E-state index contributed by atoms with van der Waals surface area (Å²) in [5.41, 5.74) is 2.48. The minimum Gasteiger partial charge on any atom is -0.461 e. The second-order valence-electron chi connectivity index (χ2n) is 5.98. The number of ether oxygens (including phenoxy) is 1. The summed E-state index contributed by atoms with van der Waals surface area (Å²) in [6.45, 7) is 7.42.